The fourth-order valence-corrected chi connectivity index (χ4v) is 2.41. The Morgan fingerprint density at radius 3 is 2.78 bits per heavy atom. The van der Waals surface area contributed by atoms with Crippen LogP contribution >= 0.6 is 0 Å². The average Bonchev–Trinajstić information content (AvgIpc) is 2.67. The first kappa shape index (κ1) is 13.2. The van der Waals surface area contributed by atoms with Gasteiger partial charge in [0.05, 0.1) is 18.8 Å². The first-order valence-corrected chi connectivity index (χ1v) is 6.56. The van der Waals surface area contributed by atoms with Crippen LogP contribution in [0.4, 0.5) is 5.69 Å². The fourth-order valence-electron chi connectivity index (χ4n) is 2.41. The van der Waals surface area contributed by atoms with E-state index in [9.17, 15) is 0 Å². The molecule has 3 nitrogen and oxygen atoms in total. The Kier molecular flexibility index (Phi) is 3.81. The molecule has 18 heavy (non-hydrogen) atoms. The van der Waals surface area contributed by atoms with E-state index in [-0.39, 0.29) is 5.60 Å². The van der Waals surface area contributed by atoms with E-state index in [1.54, 1.807) is 7.11 Å². The number of anilines is 1. The highest BCUT2D eigenvalue weighted by Gasteiger charge is 2.31. The number of benzene rings is 1. The SMILES string of the molecule is COc1ccc(NCC2CCC(C)(C)O2)c(C)c1. The van der Waals surface area contributed by atoms with Crippen LogP contribution in [0.2, 0.25) is 0 Å². The molecule has 0 aromatic heterocycles. The van der Waals surface area contributed by atoms with Crippen molar-refractivity contribution in [1.82, 2.24) is 0 Å². The zero-order valence-corrected chi connectivity index (χ0v) is 11.7. The molecule has 0 radical (unpaired) electrons. The van der Waals surface area contributed by atoms with Crippen LogP contribution in [-0.2, 0) is 4.74 Å². The minimum Gasteiger partial charge on any atom is -0.497 e. The Morgan fingerprint density at radius 2 is 2.22 bits per heavy atom. The molecule has 1 saturated heterocycles. The number of hydrogen-bond acceptors (Lipinski definition) is 3. The molecule has 0 amide bonds. The van der Waals surface area contributed by atoms with Crippen molar-refractivity contribution in [1.29, 1.82) is 0 Å². The minimum absolute atomic E-state index is 0.0430. The molecule has 1 N–H and O–H groups in total. The van der Waals surface area contributed by atoms with E-state index in [0.717, 1.165) is 30.8 Å². The van der Waals surface area contributed by atoms with E-state index in [4.69, 9.17) is 9.47 Å². The number of rotatable bonds is 4. The molecule has 1 aromatic rings. The molecule has 1 aromatic carbocycles. The largest absolute Gasteiger partial charge is 0.497 e. The third kappa shape index (κ3) is 3.16. The fraction of sp³-hybridized carbons (Fsp3) is 0.600. The first-order valence-electron chi connectivity index (χ1n) is 6.56. The zero-order chi connectivity index (χ0) is 13.2. The highest BCUT2D eigenvalue weighted by molar-refractivity contribution is 5.53. The van der Waals surface area contributed by atoms with Crippen LogP contribution < -0.4 is 10.1 Å². The normalized spacial score (nSPS) is 21.9. The lowest BCUT2D eigenvalue weighted by molar-refractivity contribution is -0.00911. The number of aryl methyl sites for hydroxylation is 1. The summed E-state index contributed by atoms with van der Waals surface area (Å²) in [5.74, 6) is 0.899. The van der Waals surface area contributed by atoms with Gasteiger partial charge in [-0.2, -0.15) is 0 Å². The van der Waals surface area contributed by atoms with Gasteiger partial charge in [0.15, 0.2) is 0 Å². The molecule has 0 saturated carbocycles. The number of hydrogen-bond donors (Lipinski definition) is 1. The van der Waals surface area contributed by atoms with Crippen LogP contribution in [0.1, 0.15) is 32.3 Å². The van der Waals surface area contributed by atoms with Crippen LogP contribution in [0.15, 0.2) is 18.2 Å². The molecule has 0 aliphatic carbocycles. The van der Waals surface area contributed by atoms with E-state index in [1.165, 1.54) is 5.56 Å². The van der Waals surface area contributed by atoms with Crippen LogP contribution in [0, 0.1) is 6.92 Å². The lowest BCUT2D eigenvalue weighted by Gasteiger charge is -2.20. The summed E-state index contributed by atoms with van der Waals surface area (Å²) in [6, 6.07) is 6.09. The van der Waals surface area contributed by atoms with Crippen LogP contribution in [0.3, 0.4) is 0 Å². The predicted octanol–water partition coefficient (Wildman–Crippen LogP) is 3.37. The Labute approximate surface area is 109 Å². The van der Waals surface area contributed by atoms with Crippen LogP contribution in [0.5, 0.6) is 5.75 Å². The van der Waals surface area contributed by atoms with Crippen molar-refractivity contribution >= 4 is 5.69 Å². The number of nitrogens with one attached hydrogen (secondary N) is 1. The predicted molar refractivity (Wildman–Crippen MR) is 74.4 cm³/mol. The van der Waals surface area contributed by atoms with Gasteiger partial charge in [-0.1, -0.05) is 0 Å². The maximum absolute atomic E-state index is 5.97. The molecule has 1 fully saturated rings. The Balaban J connectivity index is 1.91. The quantitative estimate of drug-likeness (QED) is 0.887. The van der Waals surface area contributed by atoms with Gasteiger partial charge in [-0.15, -0.1) is 0 Å². The number of ether oxygens (including phenoxy) is 2. The van der Waals surface area contributed by atoms with E-state index >= 15 is 0 Å². The highest BCUT2D eigenvalue weighted by atomic mass is 16.5. The third-order valence-corrected chi connectivity index (χ3v) is 3.51. The summed E-state index contributed by atoms with van der Waals surface area (Å²) in [6.07, 6.45) is 2.59. The summed E-state index contributed by atoms with van der Waals surface area (Å²) < 4.78 is 11.2. The van der Waals surface area contributed by atoms with E-state index in [1.807, 2.05) is 12.1 Å². The molecule has 1 atom stereocenters. The van der Waals surface area contributed by atoms with Gasteiger partial charge in [-0.05, 0) is 57.4 Å². The molecule has 0 bridgehead atoms. The summed E-state index contributed by atoms with van der Waals surface area (Å²) in [7, 11) is 1.69. The lowest BCUT2D eigenvalue weighted by atomic mass is 10.1. The van der Waals surface area contributed by atoms with Gasteiger partial charge in [0, 0.05) is 12.2 Å². The second-order valence-corrected chi connectivity index (χ2v) is 5.60. The lowest BCUT2D eigenvalue weighted by Crippen LogP contribution is -2.25. The number of methoxy groups -OCH3 is 1. The van der Waals surface area contributed by atoms with Crippen molar-refractivity contribution in [2.24, 2.45) is 0 Å². The topological polar surface area (TPSA) is 30.5 Å². The molecule has 1 unspecified atom stereocenters. The first-order chi connectivity index (χ1) is 8.50. The molecular weight excluding hydrogens is 226 g/mol. The molecule has 0 spiro atoms. The Hall–Kier alpha value is -1.22. The molecule has 1 aliphatic rings. The maximum atomic E-state index is 5.97. The molecule has 2 rings (SSSR count). The molecule has 100 valence electrons. The van der Waals surface area contributed by atoms with Crippen molar-refractivity contribution in [2.75, 3.05) is 19.0 Å². The van der Waals surface area contributed by atoms with E-state index in [2.05, 4.69) is 32.2 Å². The summed E-state index contributed by atoms with van der Waals surface area (Å²) in [4.78, 5) is 0. The second kappa shape index (κ2) is 5.19. The summed E-state index contributed by atoms with van der Waals surface area (Å²) >= 11 is 0. The highest BCUT2D eigenvalue weighted by Crippen LogP contribution is 2.30. The van der Waals surface area contributed by atoms with Gasteiger partial charge in [-0.3, -0.25) is 0 Å². The monoisotopic (exact) mass is 249 g/mol. The summed E-state index contributed by atoms with van der Waals surface area (Å²) in [5, 5.41) is 3.46. The van der Waals surface area contributed by atoms with Gasteiger partial charge in [0.2, 0.25) is 0 Å². The van der Waals surface area contributed by atoms with Crippen LogP contribution in [-0.4, -0.2) is 25.4 Å². The zero-order valence-electron chi connectivity index (χ0n) is 11.7. The van der Waals surface area contributed by atoms with E-state index in [0.29, 0.717) is 6.10 Å². The smallest absolute Gasteiger partial charge is 0.119 e. The van der Waals surface area contributed by atoms with Gasteiger partial charge in [-0.25, -0.2) is 0 Å². The van der Waals surface area contributed by atoms with Gasteiger partial charge >= 0.3 is 0 Å². The van der Waals surface area contributed by atoms with Crippen molar-refractivity contribution in [3.05, 3.63) is 23.8 Å². The molecule has 1 aliphatic heterocycles. The van der Waals surface area contributed by atoms with Gasteiger partial charge < -0.3 is 14.8 Å². The molecule has 3 heteroatoms. The third-order valence-electron chi connectivity index (χ3n) is 3.51. The van der Waals surface area contributed by atoms with Gasteiger partial charge in [0.25, 0.3) is 0 Å². The molecular formula is C15H23NO2. The summed E-state index contributed by atoms with van der Waals surface area (Å²) in [5.41, 5.74) is 2.40. The Morgan fingerprint density at radius 1 is 1.44 bits per heavy atom. The summed E-state index contributed by atoms with van der Waals surface area (Å²) in [6.45, 7) is 7.28. The maximum Gasteiger partial charge on any atom is 0.119 e. The molecule has 1 heterocycles. The minimum atomic E-state index is 0.0430. The van der Waals surface area contributed by atoms with Gasteiger partial charge in [0.1, 0.15) is 5.75 Å². The van der Waals surface area contributed by atoms with Crippen molar-refractivity contribution < 1.29 is 9.47 Å². The average molecular weight is 249 g/mol. The van der Waals surface area contributed by atoms with Crippen molar-refractivity contribution in [2.45, 2.75) is 45.3 Å². The van der Waals surface area contributed by atoms with Crippen molar-refractivity contribution in [3.8, 4) is 5.75 Å². The van der Waals surface area contributed by atoms with Crippen molar-refractivity contribution in [3.63, 3.8) is 0 Å². The van der Waals surface area contributed by atoms with Crippen LogP contribution in [0.25, 0.3) is 0 Å². The standard InChI is InChI=1S/C15H23NO2/c1-11-9-12(17-4)5-6-14(11)16-10-13-7-8-15(2,3)18-13/h5-6,9,13,16H,7-8,10H2,1-4H3. The second-order valence-electron chi connectivity index (χ2n) is 5.60. The Bertz CT molecular complexity index is 415. The van der Waals surface area contributed by atoms with E-state index < -0.39 is 0 Å².